The molecule has 2 aliphatic heterocycles. The zero-order valence-electron chi connectivity index (χ0n) is 16.4. The molecule has 3 fully saturated rings. The number of imide groups is 1. The van der Waals surface area contributed by atoms with Crippen LogP contribution in [0.25, 0.3) is 0 Å². The van der Waals surface area contributed by atoms with Crippen LogP contribution in [0, 0.1) is 23.7 Å². The molecule has 0 unspecified atom stereocenters. The quantitative estimate of drug-likeness (QED) is 0.580. The SMILES string of the molecule is O=C(C[C@@H](c1ccccc1)N1C(=O)[C@@H]2[C@H](C1=O)[C@H]1C=C[C@H]2CC1)N1CCOCC1. The van der Waals surface area contributed by atoms with Crippen LogP contribution in [0.1, 0.15) is 30.9 Å². The predicted molar refractivity (Wildman–Crippen MR) is 105 cm³/mol. The lowest BCUT2D eigenvalue weighted by molar-refractivity contribution is -0.145. The van der Waals surface area contributed by atoms with Crippen LogP contribution in [0.4, 0.5) is 0 Å². The van der Waals surface area contributed by atoms with Gasteiger partial charge in [0.25, 0.3) is 0 Å². The third-order valence-corrected chi connectivity index (χ3v) is 7.02. The number of carbonyl (C=O) groups excluding carboxylic acids is 3. The maximum atomic E-state index is 13.4. The third-order valence-electron chi connectivity index (χ3n) is 7.02. The Morgan fingerprint density at radius 2 is 1.55 bits per heavy atom. The fraction of sp³-hybridized carbons (Fsp3) is 0.522. The highest BCUT2D eigenvalue weighted by Gasteiger charge is 2.58. The summed E-state index contributed by atoms with van der Waals surface area (Å²) in [5.74, 6) is -0.424. The highest BCUT2D eigenvalue weighted by Crippen LogP contribution is 2.51. The van der Waals surface area contributed by atoms with Crippen LogP contribution in [0.5, 0.6) is 0 Å². The van der Waals surface area contributed by atoms with Gasteiger partial charge in [0.1, 0.15) is 0 Å². The Morgan fingerprint density at radius 1 is 0.966 bits per heavy atom. The molecule has 0 N–H and O–H groups in total. The van der Waals surface area contributed by atoms with E-state index >= 15 is 0 Å². The lowest BCUT2D eigenvalue weighted by Crippen LogP contribution is -2.44. The molecule has 1 saturated carbocycles. The summed E-state index contributed by atoms with van der Waals surface area (Å²) in [6.45, 7) is 2.17. The Kier molecular flexibility index (Phi) is 4.74. The topological polar surface area (TPSA) is 66.9 Å². The molecule has 1 aromatic rings. The average Bonchev–Trinajstić information content (AvgIpc) is 3.06. The number of ether oxygens (including phenoxy) is 1. The summed E-state index contributed by atoms with van der Waals surface area (Å²) in [5, 5.41) is 0. The lowest BCUT2D eigenvalue weighted by atomic mass is 9.63. The number of fused-ring (bicyclic) bond motifs is 1. The molecule has 6 heteroatoms. The molecule has 152 valence electrons. The molecule has 2 heterocycles. The smallest absolute Gasteiger partial charge is 0.234 e. The number of allylic oxidation sites excluding steroid dienone is 2. The molecule has 3 aliphatic carbocycles. The van der Waals surface area contributed by atoms with Crippen molar-refractivity contribution in [1.29, 1.82) is 0 Å². The summed E-state index contributed by atoms with van der Waals surface area (Å²) >= 11 is 0. The van der Waals surface area contributed by atoms with Gasteiger partial charge in [-0.2, -0.15) is 0 Å². The molecule has 3 amide bonds. The predicted octanol–water partition coefficient (Wildman–Crippen LogP) is 2.17. The number of carbonyl (C=O) groups is 3. The van der Waals surface area contributed by atoms with Crippen LogP contribution in [0.3, 0.4) is 0 Å². The van der Waals surface area contributed by atoms with Crippen molar-refractivity contribution in [3.8, 4) is 0 Å². The second kappa shape index (κ2) is 7.41. The standard InChI is InChI=1S/C23H26N2O4/c26-19(24-10-12-29-13-11-24)14-18(15-4-2-1-3-5-15)25-22(27)20-16-6-7-17(9-8-16)21(20)23(25)28/h1-7,16-18,20-21H,8-14H2/t16-,17-,18-,20-,21+/m0/s1. The van der Waals surface area contributed by atoms with E-state index in [1.54, 1.807) is 4.90 Å². The second-order valence-corrected chi connectivity index (χ2v) is 8.51. The molecule has 2 saturated heterocycles. The molecule has 29 heavy (non-hydrogen) atoms. The van der Waals surface area contributed by atoms with Gasteiger partial charge in [-0.25, -0.2) is 0 Å². The first kappa shape index (κ1) is 18.6. The van der Waals surface area contributed by atoms with Crippen LogP contribution in [0.15, 0.2) is 42.5 Å². The summed E-state index contributed by atoms with van der Waals surface area (Å²) in [4.78, 5) is 43.1. The molecule has 0 spiro atoms. The minimum Gasteiger partial charge on any atom is -0.378 e. The van der Waals surface area contributed by atoms with E-state index in [9.17, 15) is 14.4 Å². The van der Waals surface area contributed by atoms with Crippen LogP contribution < -0.4 is 0 Å². The zero-order chi connectivity index (χ0) is 20.0. The van der Waals surface area contributed by atoms with Crippen molar-refractivity contribution in [2.75, 3.05) is 26.3 Å². The Hall–Kier alpha value is -2.47. The fourth-order valence-corrected chi connectivity index (χ4v) is 5.55. The van der Waals surface area contributed by atoms with Crippen molar-refractivity contribution in [1.82, 2.24) is 9.80 Å². The highest BCUT2D eigenvalue weighted by molar-refractivity contribution is 6.06. The zero-order valence-corrected chi connectivity index (χ0v) is 16.4. The number of nitrogens with zero attached hydrogens (tertiary/aromatic N) is 2. The molecule has 2 bridgehead atoms. The maximum Gasteiger partial charge on any atom is 0.234 e. The number of hydrogen-bond donors (Lipinski definition) is 0. The summed E-state index contributed by atoms with van der Waals surface area (Å²) in [5.41, 5.74) is 0.842. The van der Waals surface area contributed by atoms with Gasteiger partial charge in [0.15, 0.2) is 0 Å². The van der Waals surface area contributed by atoms with E-state index in [1.165, 1.54) is 4.90 Å². The number of rotatable bonds is 4. The monoisotopic (exact) mass is 394 g/mol. The Balaban J connectivity index is 1.46. The summed E-state index contributed by atoms with van der Waals surface area (Å²) in [6.07, 6.45) is 6.32. The van der Waals surface area contributed by atoms with Gasteiger partial charge in [-0.15, -0.1) is 0 Å². The first-order chi connectivity index (χ1) is 14.1. The van der Waals surface area contributed by atoms with E-state index in [2.05, 4.69) is 12.2 Å². The van der Waals surface area contributed by atoms with Crippen molar-refractivity contribution in [2.24, 2.45) is 23.7 Å². The van der Waals surface area contributed by atoms with Crippen LogP contribution in [-0.4, -0.2) is 53.8 Å². The minimum atomic E-state index is -0.545. The molecular weight excluding hydrogens is 368 g/mol. The van der Waals surface area contributed by atoms with Crippen molar-refractivity contribution < 1.29 is 19.1 Å². The minimum absolute atomic E-state index is 0.0290. The molecule has 5 aliphatic rings. The molecule has 6 nitrogen and oxygen atoms in total. The van der Waals surface area contributed by atoms with Crippen molar-refractivity contribution in [3.05, 3.63) is 48.0 Å². The van der Waals surface area contributed by atoms with Gasteiger partial charge >= 0.3 is 0 Å². The highest BCUT2D eigenvalue weighted by atomic mass is 16.5. The molecular formula is C23H26N2O4. The lowest BCUT2D eigenvalue weighted by Gasteiger charge is -2.38. The fourth-order valence-electron chi connectivity index (χ4n) is 5.55. The molecule has 0 aromatic heterocycles. The summed E-state index contributed by atoms with van der Waals surface area (Å²) < 4.78 is 5.35. The molecule has 6 rings (SSSR count). The Bertz CT molecular complexity index is 814. The molecule has 0 radical (unpaired) electrons. The average molecular weight is 394 g/mol. The Labute approximate surface area is 170 Å². The van der Waals surface area contributed by atoms with Crippen molar-refractivity contribution in [2.45, 2.75) is 25.3 Å². The van der Waals surface area contributed by atoms with Gasteiger partial charge in [-0.05, 0) is 30.2 Å². The number of amides is 3. The Morgan fingerprint density at radius 3 is 2.10 bits per heavy atom. The first-order valence-electron chi connectivity index (χ1n) is 10.6. The van der Waals surface area contributed by atoms with Crippen molar-refractivity contribution >= 4 is 17.7 Å². The number of morpholine rings is 1. The molecule has 5 atom stereocenters. The molecule has 1 aromatic carbocycles. The van der Waals surface area contributed by atoms with E-state index in [0.717, 1.165) is 18.4 Å². The third kappa shape index (κ3) is 3.10. The number of likely N-dealkylation sites (tertiary alicyclic amines) is 1. The maximum absolute atomic E-state index is 13.4. The van der Waals surface area contributed by atoms with Crippen LogP contribution in [-0.2, 0) is 19.1 Å². The number of hydrogen-bond acceptors (Lipinski definition) is 4. The van der Waals surface area contributed by atoms with E-state index < -0.39 is 6.04 Å². The van der Waals surface area contributed by atoms with Gasteiger partial charge in [-0.3, -0.25) is 19.3 Å². The summed E-state index contributed by atoms with van der Waals surface area (Å²) in [7, 11) is 0. The van der Waals surface area contributed by atoms with E-state index in [0.29, 0.717) is 26.3 Å². The van der Waals surface area contributed by atoms with E-state index in [1.807, 2.05) is 30.3 Å². The van der Waals surface area contributed by atoms with Gasteiger partial charge in [0.2, 0.25) is 17.7 Å². The van der Waals surface area contributed by atoms with Gasteiger partial charge in [-0.1, -0.05) is 42.5 Å². The van der Waals surface area contributed by atoms with Gasteiger partial charge < -0.3 is 9.64 Å². The number of benzene rings is 1. The van der Waals surface area contributed by atoms with Crippen molar-refractivity contribution in [3.63, 3.8) is 0 Å². The largest absolute Gasteiger partial charge is 0.378 e. The van der Waals surface area contributed by atoms with Gasteiger partial charge in [0, 0.05) is 13.1 Å². The summed E-state index contributed by atoms with van der Waals surface area (Å²) in [6, 6.07) is 8.97. The van der Waals surface area contributed by atoms with E-state index in [4.69, 9.17) is 4.74 Å². The first-order valence-corrected chi connectivity index (χ1v) is 10.6. The van der Waals surface area contributed by atoms with Crippen LogP contribution in [0.2, 0.25) is 0 Å². The second-order valence-electron chi connectivity index (χ2n) is 8.51. The van der Waals surface area contributed by atoms with Gasteiger partial charge in [0.05, 0.1) is 37.5 Å². The van der Waals surface area contributed by atoms with E-state index in [-0.39, 0.29) is 47.8 Å². The normalized spacial score (nSPS) is 31.9. The van der Waals surface area contributed by atoms with Crippen LogP contribution >= 0.6 is 0 Å².